The van der Waals surface area contributed by atoms with Crippen LogP contribution in [0.25, 0.3) is 0 Å². The molecule has 2 rings (SSSR count). The van der Waals surface area contributed by atoms with Crippen LogP contribution in [0.4, 0.5) is 0 Å². The highest BCUT2D eigenvalue weighted by Gasteiger charge is 2.21. The van der Waals surface area contributed by atoms with Gasteiger partial charge in [0.1, 0.15) is 23.0 Å². The molecule has 0 unspecified atom stereocenters. The average molecular weight is 316 g/mol. The summed E-state index contributed by atoms with van der Waals surface area (Å²) < 4.78 is 11.4. The van der Waals surface area contributed by atoms with Crippen molar-refractivity contribution in [2.75, 3.05) is 13.2 Å². The summed E-state index contributed by atoms with van der Waals surface area (Å²) in [6.07, 6.45) is 0.843. The van der Waals surface area contributed by atoms with Crippen molar-refractivity contribution in [1.29, 1.82) is 0 Å². The molecule has 0 aliphatic rings. The number of rotatable bonds is 7. The molecule has 0 aliphatic heterocycles. The van der Waals surface area contributed by atoms with Crippen molar-refractivity contribution in [3.05, 3.63) is 47.5 Å². The maximum absolute atomic E-state index is 9.73. The van der Waals surface area contributed by atoms with Gasteiger partial charge in [0.2, 0.25) is 0 Å². The summed E-state index contributed by atoms with van der Waals surface area (Å²) in [6, 6.07) is 10.4. The minimum atomic E-state index is 0.0549. The van der Waals surface area contributed by atoms with E-state index in [1.807, 2.05) is 26.0 Å². The molecular formula is C19H24O4. The lowest BCUT2D eigenvalue weighted by Crippen LogP contribution is -2.06. The van der Waals surface area contributed by atoms with Gasteiger partial charge in [-0.3, -0.25) is 0 Å². The third kappa shape index (κ3) is 3.89. The second kappa shape index (κ2) is 7.77. The van der Waals surface area contributed by atoms with Gasteiger partial charge in [-0.05, 0) is 32.4 Å². The maximum Gasteiger partial charge on any atom is 0.126 e. The number of hydrogen-bond donors (Lipinski definition) is 2. The largest absolute Gasteiger partial charge is 0.508 e. The van der Waals surface area contributed by atoms with E-state index in [0.717, 1.165) is 17.5 Å². The first-order valence-corrected chi connectivity index (χ1v) is 8.02. The van der Waals surface area contributed by atoms with Crippen LogP contribution in [0.3, 0.4) is 0 Å². The zero-order chi connectivity index (χ0) is 16.8. The van der Waals surface area contributed by atoms with E-state index in [2.05, 4.69) is 6.92 Å². The predicted molar refractivity (Wildman–Crippen MR) is 90.7 cm³/mol. The van der Waals surface area contributed by atoms with Crippen LogP contribution in [0, 0.1) is 0 Å². The number of benzene rings is 2. The zero-order valence-electron chi connectivity index (χ0n) is 13.9. The molecule has 0 spiro atoms. The van der Waals surface area contributed by atoms with Crippen molar-refractivity contribution in [2.45, 2.75) is 33.1 Å². The van der Waals surface area contributed by atoms with Crippen LogP contribution in [0.2, 0.25) is 0 Å². The van der Waals surface area contributed by atoms with Gasteiger partial charge in [0, 0.05) is 29.2 Å². The van der Waals surface area contributed by atoms with Crippen molar-refractivity contribution >= 4 is 0 Å². The minimum Gasteiger partial charge on any atom is -0.508 e. The second-order valence-corrected chi connectivity index (χ2v) is 5.27. The van der Waals surface area contributed by atoms with Gasteiger partial charge in [0.15, 0.2) is 0 Å². The lowest BCUT2D eigenvalue weighted by atomic mass is 9.87. The molecule has 0 saturated heterocycles. The highest BCUT2D eigenvalue weighted by atomic mass is 16.5. The van der Waals surface area contributed by atoms with Crippen molar-refractivity contribution in [3.8, 4) is 23.0 Å². The molecule has 0 fully saturated rings. The molecule has 2 N–H and O–H groups in total. The van der Waals surface area contributed by atoms with Crippen LogP contribution >= 0.6 is 0 Å². The first kappa shape index (κ1) is 17.0. The highest BCUT2D eigenvalue weighted by Crippen LogP contribution is 2.41. The van der Waals surface area contributed by atoms with Gasteiger partial charge in [-0.15, -0.1) is 0 Å². The summed E-state index contributed by atoms with van der Waals surface area (Å²) >= 11 is 0. The summed E-state index contributed by atoms with van der Waals surface area (Å²) in [5.74, 6) is 1.77. The Bertz CT molecular complexity index is 596. The summed E-state index contributed by atoms with van der Waals surface area (Å²) in [6.45, 7) is 6.99. The smallest absolute Gasteiger partial charge is 0.126 e. The second-order valence-electron chi connectivity index (χ2n) is 5.27. The molecule has 0 saturated carbocycles. The molecule has 0 heterocycles. The Balaban J connectivity index is 2.52. The molecule has 0 aromatic heterocycles. The Kier molecular flexibility index (Phi) is 5.74. The van der Waals surface area contributed by atoms with Gasteiger partial charge in [0.05, 0.1) is 13.2 Å². The fourth-order valence-corrected chi connectivity index (χ4v) is 2.79. The van der Waals surface area contributed by atoms with E-state index in [1.165, 1.54) is 0 Å². The van der Waals surface area contributed by atoms with Crippen LogP contribution in [0.5, 0.6) is 23.0 Å². The Hall–Kier alpha value is -2.36. The average Bonchev–Trinajstić information content (AvgIpc) is 2.52. The van der Waals surface area contributed by atoms with E-state index in [1.54, 1.807) is 24.3 Å². The van der Waals surface area contributed by atoms with Gasteiger partial charge < -0.3 is 19.7 Å². The molecular weight excluding hydrogens is 292 g/mol. The molecule has 0 amide bonds. The molecule has 4 heteroatoms. The third-order valence-electron chi connectivity index (χ3n) is 3.75. The van der Waals surface area contributed by atoms with E-state index >= 15 is 0 Å². The molecule has 4 nitrogen and oxygen atoms in total. The lowest BCUT2D eigenvalue weighted by Gasteiger charge is -2.22. The van der Waals surface area contributed by atoms with Crippen molar-refractivity contribution < 1.29 is 19.7 Å². The van der Waals surface area contributed by atoms with E-state index in [4.69, 9.17) is 9.47 Å². The monoisotopic (exact) mass is 316 g/mol. The van der Waals surface area contributed by atoms with Crippen LogP contribution in [-0.2, 0) is 0 Å². The minimum absolute atomic E-state index is 0.0549. The standard InChI is InChI=1S/C19H24O4/c1-4-15(16-9-7-13(20)11-18(16)22-5-2)17-10-8-14(21)12-19(17)23-6-3/h7-12,15,20-21H,4-6H2,1-3H3. The quantitative estimate of drug-likeness (QED) is 0.793. The molecule has 2 aromatic rings. The van der Waals surface area contributed by atoms with Crippen molar-refractivity contribution in [1.82, 2.24) is 0 Å². The van der Waals surface area contributed by atoms with E-state index < -0.39 is 0 Å². The first-order valence-electron chi connectivity index (χ1n) is 8.02. The van der Waals surface area contributed by atoms with Crippen LogP contribution in [0.15, 0.2) is 36.4 Å². The summed E-state index contributed by atoms with van der Waals surface area (Å²) in [5, 5.41) is 19.5. The molecule has 0 radical (unpaired) electrons. The maximum atomic E-state index is 9.73. The Morgan fingerprint density at radius 3 is 1.57 bits per heavy atom. The zero-order valence-corrected chi connectivity index (χ0v) is 13.9. The van der Waals surface area contributed by atoms with Gasteiger partial charge in [-0.25, -0.2) is 0 Å². The number of hydrogen-bond acceptors (Lipinski definition) is 4. The normalized spacial score (nSPS) is 10.8. The van der Waals surface area contributed by atoms with Gasteiger partial charge in [0.25, 0.3) is 0 Å². The van der Waals surface area contributed by atoms with Crippen molar-refractivity contribution in [2.24, 2.45) is 0 Å². The Morgan fingerprint density at radius 1 is 0.783 bits per heavy atom. The molecule has 2 aromatic carbocycles. The fourth-order valence-electron chi connectivity index (χ4n) is 2.79. The summed E-state index contributed by atoms with van der Waals surface area (Å²) in [5.41, 5.74) is 2.00. The highest BCUT2D eigenvalue weighted by molar-refractivity contribution is 5.51. The predicted octanol–water partition coefficient (Wildman–Crippen LogP) is 4.44. The fraction of sp³-hybridized carbons (Fsp3) is 0.368. The first-order chi connectivity index (χ1) is 11.1. The van der Waals surface area contributed by atoms with Crippen LogP contribution in [-0.4, -0.2) is 23.4 Å². The molecule has 23 heavy (non-hydrogen) atoms. The molecule has 124 valence electrons. The van der Waals surface area contributed by atoms with E-state index in [-0.39, 0.29) is 17.4 Å². The topological polar surface area (TPSA) is 58.9 Å². The Morgan fingerprint density at radius 2 is 1.22 bits per heavy atom. The molecule has 0 aliphatic carbocycles. The van der Waals surface area contributed by atoms with Gasteiger partial charge >= 0.3 is 0 Å². The van der Waals surface area contributed by atoms with Crippen molar-refractivity contribution in [3.63, 3.8) is 0 Å². The number of phenols is 2. The summed E-state index contributed by atoms with van der Waals surface area (Å²) in [4.78, 5) is 0. The third-order valence-corrected chi connectivity index (χ3v) is 3.75. The van der Waals surface area contributed by atoms with Crippen LogP contribution in [0.1, 0.15) is 44.2 Å². The number of aromatic hydroxyl groups is 2. The van der Waals surface area contributed by atoms with Crippen LogP contribution < -0.4 is 9.47 Å². The number of phenolic OH excluding ortho intramolecular Hbond substituents is 2. The molecule has 0 atom stereocenters. The lowest BCUT2D eigenvalue weighted by molar-refractivity contribution is 0.326. The van der Waals surface area contributed by atoms with Gasteiger partial charge in [-0.2, -0.15) is 0 Å². The SMILES string of the molecule is CCOc1cc(O)ccc1C(CC)c1ccc(O)cc1OCC. The molecule has 0 bridgehead atoms. The van der Waals surface area contributed by atoms with E-state index in [9.17, 15) is 10.2 Å². The summed E-state index contributed by atoms with van der Waals surface area (Å²) in [7, 11) is 0. The van der Waals surface area contributed by atoms with E-state index in [0.29, 0.717) is 24.7 Å². The number of ether oxygens (including phenoxy) is 2. The Labute approximate surface area is 137 Å². The van der Waals surface area contributed by atoms with Gasteiger partial charge in [-0.1, -0.05) is 19.1 Å².